The van der Waals surface area contributed by atoms with Crippen molar-refractivity contribution >= 4 is 11.6 Å². The predicted octanol–water partition coefficient (Wildman–Crippen LogP) is 5.72. The van der Waals surface area contributed by atoms with Crippen molar-refractivity contribution in [3.05, 3.63) is 41.5 Å². The fourth-order valence-corrected chi connectivity index (χ4v) is 7.56. The van der Waals surface area contributed by atoms with Gasteiger partial charge in [-0.25, -0.2) is 0 Å². The van der Waals surface area contributed by atoms with Crippen LogP contribution in [-0.4, -0.2) is 16.7 Å². The minimum Gasteiger partial charge on any atom is -0.507 e. The van der Waals surface area contributed by atoms with Crippen LogP contribution in [0.15, 0.2) is 35.9 Å². The molecule has 0 heterocycles. The number of fused-ring (bicyclic) bond motifs is 5. The Bertz CT molecular complexity index is 899. The summed E-state index contributed by atoms with van der Waals surface area (Å²) in [6.45, 7) is 4.66. The molecule has 0 aliphatic heterocycles. The topological polar surface area (TPSA) is 54.4 Å². The first kappa shape index (κ1) is 19.1. The molecular formula is C26H32O3. The number of phenolic OH excluding ortho intramolecular Hbond substituents is 1. The molecule has 5 rings (SSSR count). The number of hydrogen-bond donors (Lipinski definition) is 1. The van der Waals surface area contributed by atoms with E-state index in [2.05, 4.69) is 19.9 Å². The standard InChI is InChI=1S/C26H32O3/c1-25-13-11-16(24(29)19-5-3-4-6-22(19)27)15-17(25)7-8-18-20-9-10-23(28)26(20,2)14-12-21(18)25/h3-7,16,18,20-21,27H,8-15H2,1-2H3. The van der Waals surface area contributed by atoms with Crippen molar-refractivity contribution in [3.8, 4) is 5.75 Å². The number of carbonyl (C=O) groups is 2. The Labute approximate surface area is 173 Å². The van der Waals surface area contributed by atoms with Crippen LogP contribution in [0.25, 0.3) is 0 Å². The Kier molecular flexibility index (Phi) is 4.31. The summed E-state index contributed by atoms with van der Waals surface area (Å²) in [7, 11) is 0. The summed E-state index contributed by atoms with van der Waals surface area (Å²) in [4.78, 5) is 25.7. The molecule has 29 heavy (non-hydrogen) atoms. The Morgan fingerprint density at radius 2 is 1.76 bits per heavy atom. The van der Waals surface area contributed by atoms with E-state index in [1.165, 1.54) is 5.57 Å². The van der Waals surface area contributed by atoms with Gasteiger partial charge in [-0.05, 0) is 80.2 Å². The van der Waals surface area contributed by atoms with Crippen molar-refractivity contribution in [3.63, 3.8) is 0 Å². The summed E-state index contributed by atoms with van der Waals surface area (Å²) < 4.78 is 0. The second kappa shape index (κ2) is 6.55. The van der Waals surface area contributed by atoms with Gasteiger partial charge in [0.25, 0.3) is 0 Å². The SMILES string of the molecule is CC12CCC3C(CC=C4CC(C(=O)c5ccccc5O)CCC43C)C1CCC2=O. The van der Waals surface area contributed by atoms with Gasteiger partial charge in [0.05, 0.1) is 5.56 Å². The monoisotopic (exact) mass is 392 g/mol. The average molecular weight is 393 g/mol. The fraction of sp³-hybridized carbons (Fsp3) is 0.615. The van der Waals surface area contributed by atoms with Crippen LogP contribution in [0.4, 0.5) is 0 Å². The molecule has 154 valence electrons. The van der Waals surface area contributed by atoms with E-state index in [-0.39, 0.29) is 28.3 Å². The maximum absolute atomic E-state index is 13.1. The van der Waals surface area contributed by atoms with E-state index in [1.54, 1.807) is 18.2 Å². The van der Waals surface area contributed by atoms with E-state index in [9.17, 15) is 14.7 Å². The molecule has 3 heteroatoms. The van der Waals surface area contributed by atoms with E-state index in [0.29, 0.717) is 29.1 Å². The molecule has 0 bridgehead atoms. The zero-order valence-electron chi connectivity index (χ0n) is 17.6. The van der Waals surface area contributed by atoms with Crippen LogP contribution in [0.3, 0.4) is 0 Å². The lowest BCUT2D eigenvalue weighted by Gasteiger charge is -2.57. The van der Waals surface area contributed by atoms with Gasteiger partial charge < -0.3 is 5.11 Å². The largest absolute Gasteiger partial charge is 0.507 e. The lowest BCUT2D eigenvalue weighted by atomic mass is 9.47. The van der Waals surface area contributed by atoms with E-state index in [0.717, 1.165) is 51.4 Å². The molecule has 3 saturated carbocycles. The zero-order valence-corrected chi connectivity index (χ0v) is 17.6. The molecule has 6 atom stereocenters. The van der Waals surface area contributed by atoms with Crippen LogP contribution >= 0.6 is 0 Å². The number of benzene rings is 1. The quantitative estimate of drug-likeness (QED) is 0.517. The number of Topliss-reactive ketones (excluding diaryl/α,β-unsaturated/α-hetero) is 2. The van der Waals surface area contributed by atoms with Gasteiger partial charge in [-0.1, -0.05) is 37.6 Å². The second-order valence-corrected chi connectivity index (χ2v) is 10.5. The minimum atomic E-state index is -0.0825. The highest BCUT2D eigenvalue weighted by atomic mass is 16.3. The molecule has 0 saturated heterocycles. The zero-order chi connectivity index (χ0) is 20.4. The van der Waals surface area contributed by atoms with Gasteiger partial charge >= 0.3 is 0 Å². The smallest absolute Gasteiger partial charge is 0.169 e. The van der Waals surface area contributed by atoms with Gasteiger partial charge in [0.2, 0.25) is 0 Å². The molecule has 0 aromatic heterocycles. The van der Waals surface area contributed by atoms with Gasteiger partial charge in [-0.15, -0.1) is 0 Å². The number of allylic oxidation sites excluding steroid dienone is 2. The van der Waals surface area contributed by atoms with Crippen molar-refractivity contribution in [2.75, 3.05) is 0 Å². The summed E-state index contributed by atoms with van der Waals surface area (Å²) in [6.07, 6.45) is 10.3. The number of carbonyl (C=O) groups excluding carboxylic acids is 2. The van der Waals surface area contributed by atoms with Crippen LogP contribution in [0.2, 0.25) is 0 Å². The molecule has 0 amide bonds. The first-order chi connectivity index (χ1) is 13.8. The Morgan fingerprint density at radius 1 is 1.03 bits per heavy atom. The summed E-state index contributed by atoms with van der Waals surface area (Å²) in [5, 5.41) is 10.1. The average Bonchev–Trinajstić information content (AvgIpc) is 3.02. The number of rotatable bonds is 2. The number of para-hydroxylation sites is 1. The molecule has 4 aliphatic rings. The third-order valence-corrected chi connectivity index (χ3v) is 9.35. The van der Waals surface area contributed by atoms with E-state index >= 15 is 0 Å². The normalized spacial score (nSPS) is 41.2. The lowest BCUT2D eigenvalue weighted by Crippen LogP contribution is -2.50. The van der Waals surface area contributed by atoms with Crippen LogP contribution < -0.4 is 0 Å². The van der Waals surface area contributed by atoms with Crippen molar-refractivity contribution < 1.29 is 14.7 Å². The third kappa shape index (κ3) is 2.69. The molecule has 0 spiro atoms. The molecule has 1 aromatic carbocycles. The van der Waals surface area contributed by atoms with Gasteiger partial charge in [-0.2, -0.15) is 0 Å². The van der Waals surface area contributed by atoms with Gasteiger partial charge in [0.1, 0.15) is 11.5 Å². The fourth-order valence-electron chi connectivity index (χ4n) is 7.56. The van der Waals surface area contributed by atoms with Gasteiger partial charge in [-0.3, -0.25) is 9.59 Å². The maximum Gasteiger partial charge on any atom is 0.169 e. The number of aromatic hydroxyl groups is 1. The van der Waals surface area contributed by atoms with Crippen LogP contribution in [0, 0.1) is 34.5 Å². The predicted molar refractivity (Wildman–Crippen MR) is 113 cm³/mol. The Balaban J connectivity index is 1.40. The first-order valence-corrected chi connectivity index (χ1v) is 11.4. The van der Waals surface area contributed by atoms with Crippen molar-refractivity contribution in [2.45, 2.75) is 65.2 Å². The molecule has 6 unspecified atom stereocenters. The lowest BCUT2D eigenvalue weighted by molar-refractivity contribution is -0.131. The molecule has 4 aliphatic carbocycles. The van der Waals surface area contributed by atoms with E-state index in [4.69, 9.17) is 0 Å². The molecule has 1 aromatic rings. The van der Waals surface area contributed by atoms with Crippen LogP contribution in [-0.2, 0) is 4.79 Å². The Morgan fingerprint density at radius 3 is 2.55 bits per heavy atom. The van der Waals surface area contributed by atoms with Gasteiger partial charge in [0.15, 0.2) is 5.78 Å². The molecule has 0 radical (unpaired) electrons. The molecule has 1 N–H and O–H groups in total. The van der Waals surface area contributed by atoms with Crippen LogP contribution in [0.5, 0.6) is 5.75 Å². The molecule has 3 nitrogen and oxygen atoms in total. The van der Waals surface area contributed by atoms with Crippen molar-refractivity contribution in [1.29, 1.82) is 0 Å². The highest BCUT2D eigenvalue weighted by Gasteiger charge is 2.58. The number of phenols is 1. The summed E-state index contributed by atoms with van der Waals surface area (Å²) in [6, 6.07) is 6.94. The second-order valence-electron chi connectivity index (χ2n) is 10.5. The van der Waals surface area contributed by atoms with Crippen molar-refractivity contribution in [1.82, 2.24) is 0 Å². The number of hydrogen-bond acceptors (Lipinski definition) is 3. The van der Waals surface area contributed by atoms with E-state index < -0.39 is 0 Å². The third-order valence-electron chi connectivity index (χ3n) is 9.35. The summed E-state index contributed by atoms with van der Waals surface area (Å²) in [5.41, 5.74) is 2.02. The van der Waals surface area contributed by atoms with Crippen molar-refractivity contribution in [2.24, 2.45) is 34.5 Å². The Hall–Kier alpha value is -1.90. The molecular weight excluding hydrogens is 360 g/mol. The number of ketones is 2. The summed E-state index contributed by atoms with van der Waals surface area (Å²) in [5.74, 6) is 2.47. The highest BCUT2D eigenvalue weighted by molar-refractivity contribution is 6.00. The first-order valence-electron chi connectivity index (χ1n) is 11.4. The highest BCUT2D eigenvalue weighted by Crippen LogP contribution is 2.64. The minimum absolute atomic E-state index is 0.0268. The maximum atomic E-state index is 13.1. The van der Waals surface area contributed by atoms with Crippen LogP contribution in [0.1, 0.15) is 75.6 Å². The summed E-state index contributed by atoms with van der Waals surface area (Å²) >= 11 is 0. The van der Waals surface area contributed by atoms with E-state index in [1.807, 2.05) is 6.07 Å². The molecule has 3 fully saturated rings. The van der Waals surface area contributed by atoms with Gasteiger partial charge in [0, 0.05) is 17.8 Å².